The Morgan fingerprint density at radius 1 is 1.59 bits per heavy atom. The Hall–Kier alpha value is -1.21. The molecule has 1 unspecified atom stereocenters. The molecule has 1 atom stereocenters. The number of hydrogen-bond acceptors (Lipinski definition) is 4. The zero-order chi connectivity index (χ0) is 12.5. The second-order valence-corrected chi connectivity index (χ2v) is 6.15. The maximum atomic E-state index is 11.6. The molecule has 17 heavy (non-hydrogen) atoms. The molecule has 0 aromatic carbocycles. The van der Waals surface area contributed by atoms with E-state index in [1.54, 1.807) is 13.0 Å². The van der Waals surface area contributed by atoms with Crippen LogP contribution in [0.5, 0.6) is 0 Å². The number of allylic oxidation sites excluding steroid dienone is 1. The minimum atomic E-state index is -0.360. The van der Waals surface area contributed by atoms with Crippen LogP contribution in [0, 0.1) is 11.3 Å². The van der Waals surface area contributed by atoms with Crippen molar-refractivity contribution in [3.63, 3.8) is 0 Å². The summed E-state index contributed by atoms with van der Waals surface area (Å²) in [6, 6.07) is 2.13. The van der Waals surface area contributed by atoms with E-state index in [1.807, 2.05) is 13.0 Å². The quantitative estimate of drug-likeness (QED) is 0.704. The predicted octanol–water partition coefficient (Wildman–Crippen LogP) is 2.47. The standard InChI is InChI=1S/C13H16N2OS/c1-10(9-14)8-13(2)11(7-12(16)17-13)15-5-3-4-6-15/h7-8H,3-6H2,1-2H3/b10-8-. The van der Waals surface area contributed by atoms with Crippen molar-refractivity contribution >= 4 is 16.9 Å². The van der Waals surface area contributed by atoms with Gasteiger partial charge in [0, 0.05) is 30.4 Å². The zero-order valence-corrected chi connectivity index (χ0v) is 11.0. The van der Waals surface area contributed by atoms with E-state index in [9.17, 15) is 4.79 Å². The van der Waals surface area contributed by atoms with Gasteiger partial charge in [-0.2, -0.15) is 5.26 Å². The summed E-state index contributed by atoms with van der Waals surface area (Å²) in [6.45, 7) is 5.85. The van der Waals surface area contributed by atoms with E-state index in [0.717, 1.165) is 18.8 Å². The highest BCUT2D eigenvalue weighted by molar-refractivity contribution is 8.15. The van der Waals surface area contributed by atoms with Crippen LogP contribution in [-0.2, 0) is 4.79 Å². The number of thioether (sulfide) groups is 1. The molecule has 2 aliphatic rings. The Morgan fingerprint density at radius 2 is 2.24 bits per heavy atom. The van der Waals surface area contributed by atoms with Gasteiger partial charge in [0.25, 0.3) is 0 Å². The lowest BCUT2D eigenvalue weighted by atomic mass is 10.0. The summed E-state index contributed by atoms with van der Waals surface area (Å²) < 4.78 is -0.360. The topological polar surface area (TPSA) is 44.1 Å². The molecule has 2 heterocycles. The number of carbonyl (C=O) groups excluding carboxylic acids is 1. The number of nitriles is 1. The first kappa shape index (κ1) is 12.3. The summed E-state index contributed by atoms with van der Waals surface area (Å²) in [5.41, 5.74) is 1.74. The molecule has 0 aromatic rings. The lowest BCUT2D eigenvalue weighted by molar-refractivity contribution is -0.106. The van der Waals surface area contributed by atoms with Crippen LogP contribution in [0.1, 0.15) is 26.7 Å². The summed E-state index contributed by atoms with van der Waals surface area (Å²) in [4.78, 5) is 13.9. The fraction of sp³-hybridized carbons (Fsp3) is 0.538. The smallest absolute Gasteiger partial charge is 0.215 e. The summed E-state index contributed by atoms with van der Waals surface area (Å²) >= 11 is 1.31. The van der Waals surface area contributed by atoms with Gasteiger partial charge in [0.15, 0.2) is 0 Å². The van der Waals surface area contributed by atoms with E-state index in [4.69, 9.17) is 5.26 Å². The normalized spacial score (nSPS) is 29.5. The molecule has 0 N–H and O–H groups in total. The van der Waals surface area contributed by atoms with E-state index in [0.29, 0.717) is 5.57 Å². The third kappa shape index (κ3) is 2.39. The molecule has 3 nitrogen and oxygen atoms in total. The first-order valence-corrected chi connectivity index (χ1v) is 6.66. The predicted molar refractivity (Wildman–Crippen MR) is 69.3 cm³/mol. The highest BCUT2D eigenvalue weighted by Crippen LogP contribution is 2.43. The molecule has 90 valence electrons. The second-order valence-electron chi connectivity index (χ2n) is 4.69. The van der Waals surface area contributed by atoms with Crippen LogP contribution in [0.2, 0.25) is 0 Å². The van der Waals surface area contributed by atoms with Gasteiger partial charge in [-0.05, 0) is 32.8 Å². The van der Waals surface area contributed by atoms with Crippen molar-refractivity contribution in [1.82, 2.24) is 4.90 Å². The van der Waals surface area contributed by atoms with Gasteiger partial charge in [0.1, 0.15) is 0 Å². The number of rotatable bonds is 2. The van der Waals surface area contributed by atoms with Gasteiger partial charge >= 0.3 is 0 Å². The number of hydrogen-bond donors (Lipinski definition) is 0. The van der Waals surface area contributed by atoms with Crippen molar-refractivity contribution in [3.8, 4) is 6.07 Å². The molecule has 4 heteroatoms. The molecule has 0 spiro atoms. The molecular weight excluding hydrogens is 232 g/mol. The molecule has 0 saturated carbocycles. The highest BCUT2D eigenvalue weighted by atomic mass is 32.2. The first-order chi connectivity index (χ1) is 8.05. The van der Waals surface area contributed by atoms with Gasteiger partial charge in [-0.15, -0.1) is 0 Å². The summed E-state index contributed by atoms with van der Waals surface area (Å²) in [5.74, 6) is 0. The highest BCUT2D eigenvalue weighted by Gasteiger charge is 2.39. The largest absolute Gasteiger partial charge is 0.373 e. The Kier molecular flexibility index (Phi) is 3.30. The third-order valence-electron chi connectivity index (χ3n) is 3.19. The third-order valence-corrected chi connectivity index (χ3v) is 4.26. The Bertz CT molecular complexity index is 441. The fourth-order valence-corrected chi connectivity index (χ4v) is 3.57. The van der Waals surface area contributed by atoms with E-state index in [2.05, 4.69) is 11.0 Å². The SMILES string of the molecule is C/C(C#N)=C/C1(C)SC(=O)C=C1N1CCCC1. The van der Waals surface area contributed by atoms with Gasteiger partial charge < -0.3 is 4.90 Å². The van der Waals surface area contributed by atoms with Crippen molar-refractivity contribution in [2.24, 2.45) is 0 Å². The van der Waals surface area contributed by atoms with Crippen molar-refractivity contribution in [1.29, 1.82) is 5.26 Å². The fourth-order valence-electron chi connectivity index (χ4n) is 2.46. The van der Waals surface area contributed by atoms with E-state index in [-0.39, 0.29) is 9.86 Å². The van der Waals surface area contributed by atoms with E-state index >= 15 is 0 Å². The van der Waals surface area contributed by atoms with Gasteiger partial charge in [-0.3, -0.25) is 4.79 Å². The number of likely N-dealkylation sites (tertiary alicyclic amines) is 1. The average Bonchev–Trinajstić information content (AvgIpc) is 2.85. The summed E-state index contributed by atoms with van der Waals surface area (Å²) in [5, 5.41) is 8.98. The van der Waals surface area contributed by atoms with Crippen LogP contribution < -0.4 is 0 Å². The van der Waals surface area contributed by atoms with Crippen LogP contribution >= 0.6 is 11.8 Å². The Morgan fingerprint density at radius 3 is 2.82 bits per heavy atom. The van der Waals surface area contributed by atoms with Crippen LogP contribution in [0.4, 0.5) is 0 Å². The maximum Gasteiger partial charge on any atom is 0.215 e. The lowest BCUT2D eigenvalue weighted by Gasteiger charge is -2.30. The molecule has 2 aliphatic heterocycles. The Balaban J connectivity index is 2.31. The van der Waals surface area contributed by atoms with E-state index in [1.165, 1.54) is 24.6 Å². The minimum absolute atomic E-state index is 0.0939. The molecule has 0 aromatic heterocycles. The van der Waals surface area contributed by atoms with Crippen molar-refractivity contribution in [3.05, 3.63) is 23.4 Å². The van der Waals surface area contributed by atoms with E-state index < -0.39 is 0 Å². The molecule has 0 aliphatic carbocycles. The molecule has 1 fully saturated rings. The first-order valence-electron chi connectivity index (χ1n) is 5.85. The number of nitrogens with zero attached hydrogens (tertiary/aromatic N) is 2. The molecule has 1 saturated heterocycles. The van der Waals surface area contributed by atoms with Crippen molar-refractivity contribution in [2.45, 2.75) is 31.4 Å². The molecule has 2 rings (SSSR count). The van der Waals surface area contributed by atoms with Crippen LogP contribution in [0.25, 0.3) is 0 Å². The average molecular weight is 248 g/mol. The molecule has 0 amide bonds. The van der Waals surface area contributed by atoms with Crippen molar-refractivity contribution in [2.75, 3.05) is 13.1 Å². The van der Waals surface area contributed by atoms with Gasteiger partial charge in [0.2, 0.25) is 5.12 Å². The molecule has 0 radical (unpaired) electrons. The van der Waals surface area contributed by atoms with Gasteiger partial charge in [-0.1, -0.05) is 11.8 Å². The van der Waals surface area contributed by atoms with Crippen LogP contribution in [0.3, 0.4) is 0 Å². The zero-order valence-electron chi connectivity index (χ0n) is 10.2. The number of carbonyl (C=O) groups is 1. The molecular formula is C13H16N2OS. The van der Waals surface area contributed by atoms with Gasteiger partial charge in [0.05, 0.1) is 10.8 Å². The minimum Gasteiger partial charge on any atom is -0.373 e. The van der Waals surface area contributed by atoms with Crippen LogP contribution in [0.15, 0.2) is 23.4 Å². The van der Waals surface area contributed by atoms with Gasteiger partial charge in [-0.25, -0.2) is 0 Å². The van der Waals surface area contributed by atoms with Crippen molar-refractivity contribution < 1.29 is 4.79 Å². The van der Waals surface area contributed by atoms with Crippen LogP contribution in [-0.4, -0.2) is 27.9 Å². The molecule has 0 bridgehead atoms. The lowest BCUT2D eigenvalue weighted by Crippen LogP contribution is -2.31. The summed E-state index contributed by atoms with van der Waals surface area (Å²) in [6.07, 6.45) is 6.02. The Labute approximate surface area is 106 Å². The second kappa shape index (κ2) is 4.58. The maximum absolute atomic E-state index is 11.6. The summed E-state index contributed by atoms with van der Waals surface area (Å²) in [7, 11) is 0. The monoisotopic (exact) mass is 248 g/mol.